The summed E-state index contributed by atoms with van der Waals surface area (Å²) in [4.78, 5) is 10.4. The van der Waals surface area contributed by atoms with Crippen molar-refractivity contribution in [3.63, 3.8) is 0 Å². The molecule has 0 bridgehead atoms. The molecule has 0 N–H and O–H groups in total. The maximum atomic E-state index is 9.70. The first-order valence-electron chi connectivity index (χ1n) is 15.0. The molecule has 0 spiro atoms. The Kier molecular flexibility index (Phi) is 5.53. The number of nitrogens with zero attached hydrogens (tertiary/aromatic N) is 4. The highest BCUT2D eigenvalue weighted by Crippen LogP contribution is 2.38. The van der Waals surface area contributed by atoms with Crippen LogP contribution in [0.1, 0.15) is 5.56 Å². The zero-order chi connectivity index (χ0) is 29.9. The van der Waals surface area contributed by atoms with E-state index in [2.05, 4.69) is 114 Å². The van der Waals surface area contributed by atoms with Crippen LogP contribution in [0.3, 0.4) is 0 Å². The Balaban J connectivity index is 1.29. The quantitative estimate of drug-likeness (QED) is 0.156. The maximum Gasteiger partial charge on any atom is 0.0991 e. The Labute approximate surface area is 259 Å². The molecule has 45 heavy (non-hydrogen) atoms. The van der Waals surface area contributed by atoms with Gasteiger partial charge < -0.3 is 4.57 Å². The molecule has 0 aliphatic heterocycles. The monoisotopic (exact) mass is 572 g/mol. The summed E-state index contributed by atoms with van der Waals surface area (Å²) in [7, 11) is 0. The van der Waals surface area contributed by atoms with Crippen molar-refractivity contribution in [3.8, 4) is 34.1 Å². The fourth-order valence-electron chi connectivity index (χ4n) is 6.63. The van der Waals surface area contributed by atoms with Crippen molar-refractivity contribution < 1.29 is 0 Å². The second-order valence-corrected chi connectivity index (χ2v) is 11.4. The van der Waals surface area contributed by atoms with Gasteiger partial charge in [-0.15, -0.1) is 0 Å². The van der Waals surface area contributed by atoms with Gasteiger partial charge in [-0.25, -0.2) is 9.97 Å². The van der Waals surface area contributed by atoms with Crippen LogP contribution in [0.15, 0.2) is 146 Å². The summed E-state index contributed by atoms with van der Waals surface area (Å²) in [6, 6.07) is 52.6. The number of hydrogen-bond donors (Lipinski definition) is 0. The largest absolute Gasteiger partial charge is 0.309 e. The van der Waals surface area contributed by atoms with Crippen molar-refractivity contribution in [3.05, 3.63) is 151 Å². The van der Waals surface area contributed by atoms with Crippen LogP contribution in [0.2, 0.25) is 0 Å². The standard InChI is InChI=1S/C41H24N4/c42-25-26-15-19-38-33(21-26)34-22-28(17-20-39(34)45(38)31-12-5-2-6-13-31)29-16-18-32-37(24-29)44-40(27-9-3-1-4-10-27)35-23-30-11-7-8-14-36(30)43-41(32)35/h1-24H. The third-order valence-corrected chi connectivity index (χ3v) is 8.75. The first-order chi connectivity index (χ1) is 22.2. The van der Waals surface area contributed by atoms with Crippen LogP contribution < -0.4 is 0 Å². The molecule has 0 aliphatic rings. The Morgan fingerprint density at radius 2 is 1.18 bits per heavy atom. The van der Waals surface area contributed by atoms with E-state index in [1.807, 2.05) is 42.5 Å². The summed E-state index contributed by atoms with van der Waals surface area (Å²) in [5, 5.41) is 15.0. The molecule has 4 heteroatoms. The third kappa shape index (κ3) is 3.99. The van der Waals surface area contributed by atoms with Gasteiger partial charge in [0.2, 0.25) is 0 Å². The van der Waals surface area contributed by atoms with E-state index in [1.165, 1.54) is 0 Å². The van der Waals surface area contributed by atoms with Crippen molar-refractivity contribution in [2.75, 3.05) is 0 Å². The number of fused-ring (bicyclic) bond motifs is 7. The van der Waals surface area contributed by atoms with Crippen LogP contribution in [-0.4, -0.2) is 14.5 Å². The minimum atomic E-state index is 0.648. The molecule has 3 heterocycles. The molecule has 0 fully saturated rings. The van der Waals surface area contributed by atoms with Crippen LogP contribution in [0.5, 0.6) is 0 Å². The molecule has 4 nitrogen and oxygen atoms in total. The summed E-state index contributed by atoms with van der Waals surface area (Å²) in [6.07, 6.45) is 0. The van der Waals surface area contributed by atoms with Gasteiger partial charge in [0.15, 0.2) is 0 Å². The molecule has 0 saturated heterocycles. The van der Waals surface area contributed by atoms with Crippen molar-refractivity contribution in [1.29, 1.82) is 5.26 Å². The third-order valence-electron chi connectivity index (χ3n) is 8.75. The Morgan fingerprint density at radius 1 is 0.489 bits per heavy atom. The molecule has 0 aliphatic carbocycles. The van der Waals surface area contributed by atoms with E-state index in [-0.39, 0.29) is 0 Å². The van der Waals surface area contributed by atoms with E-state index >= 15 is 0 Å². The van der Waals surface area contributed by atoms with Crippen molar-refractivity contribution in [2.45, 2.75) is 0 Å². The van der Waals surface area contributed by atoms with E-state index in [0.29, 0.717) is 5.56 Å². The molecule has 0 amide bonds. The number of nitriles is 1. The summed E-state index contributed by atoms with van der Waals surface area (Å²) in [6.45, 7) is 0. The number of rotatable bonds is 3. The maximum absolute atomic E-state index is 9.70. The predicted octanol–water partition coefficient (Wildman–Crippen LogP) is 10.2. The molecule has 9 rings (SSSR count). The van der Waals surface area contributed by atoms with Gasteiger partial charge in [0.05, 0.1) is 44.9 Å². The zero-order valence-corrected chi connectivity index (χ0v) is 24.1. The smallest absolute Gasteiger partial charge is 0.0991 e. The molecular weight excluding hydrogens is 548 g/mol. The summed E-state index contributed by atoms with van der Waals surface area (Å²) in [5.74, 6) is 0. The lowest BCUT2D eigenvalue weighted by Gasteiger charge is -2.12. The molecule has 0 unspecified atom stereocenters. The van der Waals surface area contributed by atoms with Gasteiger partial charge in [0.25, 0.3) is 0 Å². The molecule has 208 valence electrons. The minimum absolute atomic E-state index is 0.648. The molecular formula is C41H24N4. The second-order valence-electron chi connectivity index (χ2n) is 11.4. The second kappa shape index (κ2) is 9.87. The van der Waals surface area contributed by atoms with Gasteiger partial charge in [-0.3, -0.25) is 0 Å². The number of pyridine rings is 2. The van der Waals surface area contributed by atoms with E-state index < -0.39 is 0 Å². The molecule has 3 aromatic heterocycles. The molecule has 9 aromatic rings. The highest BCUT2D eigenvalue weighted by Gasteiger charge is 2.16. The van der Waals surface area contributed by atoms with Crippen LogP contribution >= 0.6 is 0 Å². The SMILES string of the molecule is N#Cc1ccc2c(c1)c1cc(-c3ccc4c(c3)nc(-c3ccccc3)c3cc5ccccc5nc34)ccc1n2-c1ccccc1. The highest BCUT2D eigenvalue weighted by molar-refractivity contribution is 6.13. The van der Waals surface area contributed by atoms with Crippen LogP contribution in [0.4, 0.5) is 0 Å². The normalized spacial score (nSPS) is 11.5. The topological polar surface area (TPSA) is 54.5 Å². The first kappa shape index (κ1) is 25.2. The van der Waals surface area contributed by atoms with Crippen molar-refractivity contribution >= 4 is 54.5 Å². The zero-order valence-electron chi connectivity index (χ0n) is 24.1. The summed E-state index contributed by atoms with van der Waals surface area (Å²) >= 11 is 0. The molecule has 0 saturated carbocycles. The fourth-order valence-corrected chi connectivity index (χ4v) is 6.63. The molecule has 0 radical (unpaired) electrons. The lowest BCUT2D eigenvalue weighted by Crippen LogP contribution is -1.94. The van der Waals surface area contributed by atoms with E-state index in [9.17, 15) is 5.26 Å². The Morgan fingerprint density at radius 3 is 2.00 bits per heavy atom. The van der Waals surface area contributed by atoms with Gasteiger partial charge >= 0.3 is 0 Å². The molecule has 0 atom stereocenters. The van der Waals surface area contributed by atoms with E-state index in [1.54, 1.807) is 0 Å². The Bertz CT molecular complexity index is 2650. The van der Waals surface area contributed by atoms with Crippen LogP contribution in [0.25, 0.3) is 82.6 Å². The first-order valence-corrected chi connectivity index (χ1v) is 15.0. The van der Waals surface area contributed by atoms with Crippen molar-refractivity contribution in [1.82, 2.24) is 14.5 Å². The van der Waals surface area contributed by atoms with Gasteiger partial charge in [-0.2, -0.15) is 5.26 Å². The number of aromatic nitrogens is 3. The summed E-state index contributed by atoms with van der Waals surface area (Å²) in [5.41, 5.74) is 10.9. The van der Waals surface area contributed by atoms with Crippen LogP contribution in [-0.2, 0) is 0 Å². The number of benzene rings is 6. The van der Waals surface area contributed by atoms with Gasteiger partial charge in [0.1, 0.15) is 0 Å². The van der Waals surface area contributed by atoms with E-state index in [4.69, 9.17) is 9.97 Å². The number of para-hydroxylation sites is 2. The van der Waals surface area contributed by atoms with E-state index in [0.717, 1.165) is 82.6 Å². The predicted molar refractivity (Wildman–Crippen MR) is 184 cm³/mol. The number of hydrogen-bond acceptors (Lipinski definition) is 3. The lowest BCUT2D eigenvalue weighted by atomic mass is 9.98. The molecule has 6 aromatic carbocycles. The van der Waals surface area contributed by atoms with Crippen LogP contribution in [0, 0.1) is 11.3 Å². The Hall–Kier alpha value is -6.31. The fraction of sp³-hybridized carbons (Fsp3) is 0. The highest BCUT2D eigenvalue weighted by atomic mass is 15.0. The van der Waals surface area contributed by atoms with Gasteiger partial charge in [-0.05, 0) is 77.9 Å². The van der Waals surface area contributed by atoms with Gasteiger partial charge in [0, 0.05) is 38.2 Å². The average Bonchev–Trinajstić information content (AvgIpc) is 3.44. The lowest BCUT2D eigenvalue weighted by molar-refractivity contribution is 1.18. The van der Waals surface area contributed by atoms with Gasteiger partial charge in [-0.1, -0.05) is 78.9 Å². The summed E-state index contributed by atoms with van der Waals surface area (Å²) < 4.78 is 2.27. The van der Waals surface area contributed by atoms with Crippen molar-refractivity contribution in [2.24, 2.45) is 0 Å². The minimum Gasteiger partial charge on any atom is -0.309 e. The average molecular weight is 573 g/mol.